The van der Waals surface area contributed by atoms with E-state index in [4.69, 9.17) is 0 Å². The highest BCUT2D eigenvalue weighted by Crippen LogP contribution is 2.35. The second-order valence-electron chi connectivity index (χ2n) is 7.23. The second kappa shape index (κ2) is 7.51. The number of amides is 1. The van der Waals surface area contributed by atoms with Crippen molar-refractivity contribution in [2.24, 2.45) is 5.41 Å². The van der Waals surface area contributed by atoms with Gasteiger partial charge in [0.25, 0.3) is 5.91 Å². The molecule has 0 radical (unpaired) electrons. The van der Waals surface area contributed by atoms with Crippen molar-refractivity contribution in [1.82, 2.24) is 9.88 Å². The Morgan fingerprint density at radius 1 is 1.21 bits per heavy atom. The van der Waals surface area contributed by atoms with Gasteiger partial charge in [-0.2, -0.15) is 0 Å². The van der Waals surface area contributed by atoms with Gasteiger partial charge < -0.3 is 14.9 Å². The Labute approximate surface area is 144 Å². The molecular formula is C19H29N3O2. The summed E-state index contributed by atoms with van der Waals surface area (Å²) in [5, 5.41) is 9.68. The fourth-order valence-corrected chi connectivity index (χ4v) is 3.90. The topological polar surface area (TPSA) is 56.7 Å². The lowest BCUT2D eigenvalue weighted by molar-refractivity contribution is 0.0338. The molecule has 3 heterocycles. The number of hydrogen-bond acceptors (Lipinski definition) is 4. The molecule has 0 saturated carbocycles. The monoisotopic (exact) mass is 331 g/mol. The molecule has 24 heavy (non-hydrogen) atoms. The molecule has 1 N–H and O–H groups in total. The molecule has 132 valence electrons. The molecule has 5 heteroatoms. The molecule has 1 aromatic heterocycles. The molecule has 2 aliphatic rings. The van der Waals surface area contributed by atoms with Gasteiger partial charge in [-0.3, -0.25) is 4.79 Å². The molecule has 0 spiro atoms. The number of piperidine rings is 2. The Bertz CT molecular complexity index is 555. The van der Waals surface area contributed by atoms with Crippen molar-refractivity contribution in [3.05, 3.63) is 23.9 Å². The fraction of sp³-hybridized carbons (Fsp3) is 0.684. The lowest BCUT2D eigenvalue weighted by Crippen LogP contribution is -2.45. The van der Waals surface area contributed by atoms with Crippen LogP contribution in [0, 0.1) is 5.41 Å². The Balaban J connectivity index is 1.74. The number of hydrogen-bond donors (Lipinski definition) is 1. The molecule has 1 amide bonds. The van der Waals surface area contributed by atoms with Gasteiger partial charge in [0.15, 0.2) is 0 Å². The molecule has 3 rings (SSSR count). The van der Waals surface area contributed by atoms with Crippen LogP contribution in [0.5, 0.6) is 0 Å². The van der Waals surface area contributed by atoms with E-state index >= 15 is 0 Å². The molecule has 1 aromatic rings. The number of nitrogens with zero attached hydrogens (tertiary/aromatic N) is 3. The van der Waals surface area contributed by atoms with Gasteiger partial charge in [0.2, 0.25) is 0 Å². The summed E-state index contributed by atoms with van der Waals surface area (Å²) in [7, 11) is 0. The van der Waals surface area contributed by atoms with E-state index < -0.39 is 0 Å². The first-order chi connectivity index (χ1) is 11.7. The molecule has 0 aliphatic carbocycles. The predicted octanol–water partition coefficient (Wildman–Crippen LogP) is 2.70. The summed E-state index contributed by atoms with van der Waals surface area (Å²) < 4.78 is 0. The van der Waals surface area contributed by atoms with Crippen LogP contribution in [-0.4, -0.2) is 53.7 Å². The summed E-state index contributed by atoms with van der Waals surface area (Å²) in [5.74, 6) is 0.933. The van der Waals surface area contributed by atoms with Crippen molar-refractivity contribution in [3.63, 3.8) is 0 Å². The van der Waals surface area contributed by atoms with E-state index in [1.807, 2.05) is 17.0 Å². The molecule has 5 nitrogen and oxygen atoms in total. The maximum Gasteiger partial charge on any atom is 0.257 e. The quantitative estimate of drug-likeness (QED) is 0.922. The lowest BCUT2D eigenvalue weighted by atomic mass is 9.77. The van der Waals surface area contributed by atoms with E-state index in [0.29, 0.717) is 0 Å². The maximum atomic E-state index is 13.0. The zero-order valence-corrected chi connectivity index (χ0v) is 14.7. The zero-order chi connectivity index (χ0) is 17.0. The number of aliphatic hydroxyl groups is 1. The first kappa shape index (κ1) is 17.2. The maximum absolute atomic E-state index is 13.0. The summed E-state index contributed by atoms with van der Waals surface area (Å²) in [6.07, 6.45) is 8.12. The van der Waals surface area contributed by atoms with Gasteiger partial charge in [0.1, 0.15) is 5.82 Å². The van der Waals surface area contributed by atoms with Crippen LogP contribution in [0.25, 0.3) is 0 Å². The van der Waals surface area contributed by atoms with E-state index in [-0.39, 0.29) is 17.9 Å². The minimum Gasteiger partial charge on any atom is -0.396 e. The van der Waals surface area contributed by atoms with Crippen molar-refractivity contribution >= 4 is 11.7 Å². The minimum atomic E-state index is 0.00141. The van der Waals surface area contributed by atoms with E-state index in [2.05, 4.69) is 16.8 Å². The normalized spacial score (nSPS) is 20.9. The summed E-state index contributed by atoms with van der Waals surface area (Å²) >= 11 is 0. The average Bonchev–Trinajstić information content (AvgIpc) is 2.68. The number of aromatic nitrogens is 1. The van der Waals surface area contributed by atoms with Crippen molar-refractivity contribution in [1.29, 1.82) is 0 Å². The second-order valence-corrected chi connectivity index (χ2v) is 7.23. The van der Waals surface area contributed by atoms with E-state index in [9.17, 15) is 9.90 Å². The van der Waals surface area contributed by atoms with Gasteiger partial charge in [-0.1, -0.05) is 6.92 Å². The van der Waals surface area contributed by atoms with Gasteiger partial charge >= 0.3 is 0 Å². The standard InChI is InChI=1S/C19H29N3O2/c1-2-19(15-23)8-13-22(14-9-19)18(24)16-7-6-10-20-17(16)21-11-4-3-5-12-21/h6-7,10,23H,2-5,8-9,11-15H2,1H3. The molecule has 2 saturated heterocycles. The van der Waals surface area contributed by atoms with Crippen LogP contribution in [0.4, 0.5) is 5.82 Å². The fourth-order valence-electron chi connectivity index (χ4n) is 3.90. The van der Waals surface area contributed by atoms with E-state index in [1.54, 1.807) is 6.20 Å². The summed E-state index contributed by atoms with van der Waals surface area (Å²) in [6.45, 7) is 5.77. The first-order valence-corrected chi connectivity index (χ1v) is 9.29. The Kier molecular flexibility index (Phi) is 5.39. The number of rotatable bonds is 4. The first-order valence-electron chi connectivity index (χ1n) is 9.29. The van der Waals surface area contributed by atoms with Crippen molar-refractivity contribution in [2.45, 2.75) is 45.4 Å². The van der Waals surface area contributed by atoms with E-state index in [1.165, 1.54) is 19.3 Å². The SMILES string of the molecule is CCC1(CO)CCN(C(=O)c2cccnc2N2CCCCC2)CC1. The van der Waals surface area contributed by atoms with Gasteiger partial charge in [-0.05, 0) is 56.1 Å². The number of aliphatic hydroxyl groups excluding tert-OH is 1. The van der Waals surface area contributed by atoms with Crippen LogP contribution in [-0.2, 0) is 0 Å². The number of likely N-dealkylation sites (tertiary alicyclic amines) is 1. The highest BCUT2D eigenvalue weighted by atomic mass is 16.3. The highest BCUT2D eigenvalue weighted by molar-refractivity contribution is 5.99. The van der Waals surface area contributed by atoms with Crippen molar-refractivity contribution in [2.75, 3.05) is 37.7 Å². The number of carbonyl (C=O) groups is 1. The predicted molar refractivity (Wildman–Crippen MR) is 95.2 cm³/mol. The molecular weight excluding hydrogens is 302 g/mol. The smallest absolute Gasteiger partial charge is 0.257 e. The van der Waals surface area contributed by atoms with Crippen LogP contribution in [0.3, 0.4) is 0 Å². The minimum absolute atomic E-state index is 0.00141. The average molecular weight is 331 g/mol. The largest absolute Gasteiger partial charge is 0.396 e. The lowest BCUT2D eigenvalue weighted by Gasteiger charge is -2.40. The molecule has 0 bridgehead atoms. The third kappa shape index (κ3) is 3.41. The van der Waals surface area contributed by atoms with Gasteiger partial charge in [0.05, 0.1) is 5.56 Å². The van der Waals surface area contributed by atoms with Gasteiger partial charge in [-0.15, -0.1) is 0 Å². The summed E-state index contributed by atoms with van der Waals surface area (Å²) in [5.41, 5.74) is 0.730. The highest BCUT2D eigenvalue weighted by Gasteiger charge is 2.35. The molecule has 0 aromatic carbocycles. The van der Waals surface area contributed by atoms with Crippen LogP contribution in [0.15, 0.2) is 18.3 Å². The summed E-state index contributed by atoms with van der Waals surface area (Å²) in [6, 6.07) is 3.77. The van der Waals surface area contributed by atoms with Crippen LogP contribution in [0.2, 0.25) is 0 Å². The molecule has 2 fully saturated rings. The van der Waals surface area contributed by atoms with Crippen LogP contribution < -0.4 is 4.90 Å². The summed E-state index contributed by atoms with van der Waals surface area (Å²) in [4.78, 5) is 21.8. The Morgan fingerprint density at radius 2 is 1.92 bits per heavy atom. The number of anilines is 1. The molecule has 2 aliphatic heterocycles. The third-order valence-corrected chi connectivity index (χ3v) is 5.87. The third-order valence-electron chi connectivity index (χ3n) is 5.87. The number of carbonyl (C=O) groups excluding carboxylic acids is 1. The molecule has 0 unspecified atom stereocenters. The Hall–Kier alpha value is -1.62. The van der Waals surface area contributed by atoms with Gasteiger partial charge in [0, 0.05) is 39.0 Å². The van der Waals surface area contributed by atoms with Gasteiger partial charge in [-0.25, -0.2) is 4.98 Å². The Morgan fingerprint density at radius 3 is 2.54 bits per heavy atom. The van der Waals surface area contributed by atoms with Crippen LogP contribution >= 0.6 is 0 Å². The van der Waals surface area contributed by atoms with Crippen LogP contribution in [0.1, 0.15) is 55.8 Å². The zero-order valence-electron chi connectivity index (χ0n) is 14.7. The van der Waals surface area contributed by atoms with E-state index in [0.717, 1.165) is 56.8 Å². The van der Waals surface area contributed by atoms with Crippen molar-refractivity contribution in [3.8, 4) is 0 Å². The number of pyridine rings is 1. The van der Waals surface area contributed by atoms with Crippen molar-refractivity contribution < 1.29 is 9.90 Å². The molecule has 0 atom stereocenters.